The normalized spacial score (nSPS) is 18.0. The SMILES string of the molecule is CCSCCC(CN)NCCCC1CC1. The first-order valence-corrected chi connectivity index (χ1v) is 7.53. The molecule has 1 rings (SSSR count). The topological polar surface area (TPSA) is 38.0 Å². The molecular weight excluding hydrogens is 204 g/mol. The van der Waals surface area contributed by atoms with Gasteiger partial charge in [0.05, 0.1) is 0 Å². The van der Waals surface area contributed by atoms with Crippen LogP contribution in [0, 0.1) is 5.92 Å². The van der Waals surface area contributed by atoms with Crippen molar-refractivity contribution >= 4 is 11.8 Å². The van der Waals surface area contributed by atoms with Gasteiger partial charge in [0.25, 0.3) is 0 Å². The molecule has 1 aliphatic carbocycles. The molecule has 1 atom stereocenters. The summed E-state index contributed by atoms with van der Waals surface area (Å²) in [6.07, 6.45) is 6.94. The quantitative estimate of drug-likeness (QED) is 0.565. The molecule has 1 unspecified atom stereocenters. The summed E-state index contributed by atoms with van der Waals surface area (Å²) < 4.78 is 0. The summed E-state index contributed by atoms with van der Waals surface area (Å²) in [6, 6.07) is 0.545. The third-order valence-electron chi connectivity index (χ3n) is 3.02. The van der Waals surface area contributed by atoms with Gasteiger partial charge in [0.1, 0.15) is 0 Å². The van der Waals surface area contributed by atoms with E-state index in [1.54, 1.807) is 0 Å². The van der Waals surface area contributed by atoms with Gasteiger partial charge in [-0.2, -0.15) is 11.8 Å². The second-order valence-electron chi connectivity index (χ2n) is 4.46. The standard InChI is InChI=1S/C12H26N2S/c1-2-15-9-7-12(10-13)14-8-3-4-11-5-6-11/h11-12,14H,2-10,13H2,1H3. The van der Waals surface area contributed by atoms with Crippen LogP contribution in [0.3, 0.4) is 0 Å². The van der Waals surface area contributed by atoms with Crippen LogP contribution in [0.2, 0.25) is 0 Å². The van der Waals surface area contributed by atoms with Crippen LogP contribution in [-0.2, 0) is 0 Å². The summed E-state index contributed by atoms with van der Waals surface area (Å²) in [4.78, 5) is 0. The molecule has 0 aromatic carbocycles. The van der Waals surface area contributed by atoms with Crippen LogP contribution in [0.5, 0.6) is 0 Å². The van der Waals surface area contributed by atoms with Gasteiger partial charge in [0.2, 0.25) is 0 Å². The van der Waals surface area contributed by atoms with Gasteiger partial charge >= 0.3 is 0 Å². The number of hydrogen-bond donors (Lipinski definition) is 2. The summed E-state index contributed by atoms with van der Waals surface area (Å²) in [6.45, 7) is 4.16. The van der Waals surface area contributed by atoms with Crippen molar-refractivity contribution in [1.29, 1.82) is 0 Å². The lowest BCUT2D eigenvalue weighted by atomic mass is 10.2. The molecule has 0 aromatic rings. The van der Waals surface area contributed by atoms with E-state index < -0.39 is 0 Å². The Morgan fingerprint density at radius 3 is 2.87 bits per heavy atom. The van der Waals surface area contributed by atoms with Gasteiger partial charge in [-0.05, 0) is 43.2 Å². The van der Waals surface area contributed by atoms with Crippen molar-refractivity contribution in [3.63, 3.8) is 0 Å². The second-order valence-corrected chi connectivity index (χ2v) is 5.85. The predicted octanol–water partition coefficient (Wildman–Crippen LogP) is 2.24. The number of nitrogens with one attached hydrogen (secondary N) is 1. The lowest BCUT2D eigenvalue weighted by Gasteiger charge is -2.16. The summed E-state index contributed by atoms with van der Waals surface area (Å²) in [5.41, 5.74) is 5.74. The fourth-order valence-corrected chi connectivity index (χ4v) is 2.52. The smallest absolute Gasteiger partial charge is 0.0198 e. The van der Waals surface area contributed by atoms with Crippen LogP contribution >= 0.6 is 11.8 Å². The monoisotopic (exact) mass is 230 g/mol. The molecule has 1 saturated carbocycles. The Morgan fingerprint density at radius 2 is 2.27 bits per heavy atom. The van der Waals surface area contributed by atoms with E-state index in [1.165, 1.54) is 43.6 Å². The predicted molar refractivity (Wildman–Crippen MR) is 70.4 cm³/mol. The van der Waals surface area contributed by atoms with Crippen LogP contribution in [0.25, 0.3) is 0 Å². The molecule has 0 heterocycles. The van der Waals surface area contributed by atoms with Crippen LogP contribution in [-0.4, -0.2) is 30.6 Å². The Hall–Kier alpha value is 0.270. The number of hydrogen-bond acceptors (Lipinski definition) is 3. The van der Waals surface area contributed by atoms with Crippen LogP contribution in [0.1, 0.15) is 39.0 Å². The van der Waals surface area contributed by atoms with Crippen molar-refractivity contribution in [3.05, 3.63) is 0 Å². The van der Waals surface area contributed by atoms with Gasteiger partial charge in [-0.15, -0.1) is 0 Å². The van der Waals surface area contributed by atoms with Crippen LogP contribution < -0.4 is 11.1 Å². The maximum absolute atomic E-state index is 5.74. The largest absolute Gasteiger partial charge is 0.329 e. The van der Waals surface area contributed by atoms with Crippen molar-refractivity contribution < 1.29 is 0 Å². The molecule has 1 fully saturated rings. The van der Waals surface area contributed by atoms with Crippen molar-refractivity contribution in [1.82, 2.24) is 5.32 Å². The van der Waals surface area contributed by atoms with E-state index in [9.17, 15) is 0 Å². The van der Waals surface area contributed by atoms with Gasteiger partial charge in [-0.3, -0.25) is 0 Å². The molecule has 2 nitrogen and oxygen atoms in total. The summed E-state index contributed by atoms with van der Waals surface area (Å²) >= 11 is 2.01. The fourth-order valence-electron chi connectivity index (χ4n) is 1.78. The van der Waals surface area contributed by atoms with E-state index in [2.05, 4.69) is 12.2 Å². The first-order valence-electron chi connectivity index (χ1n) is 6.38. The number of thioether (sulfide) groups is 1. The molecule has 1 aliphatic rings. The zero-order chi connectivity index (χ0) is 10.9. The minimum atomic E-state index is 0.545. The lowest BCUT2D eigenvalue weighted by molar-refractivity contribution is 0.488. The Kier molecular flexibility index (Phi) is 7.49. The molecule has 0 bridgehead atoms. The minimum Gasteiger partial charge on any atom is -0.329 e. The first kappa shape index (κ1) is 13.3. The Balaban J connectivity index is 1.89. The highest BCUT2D eigenvalue weighted by Gasteiger charge is 2.20. The first-order chi connectivity index (χ1) is 7.36. The summed E-state index contributed by atoms with van der Waals surface area (Å²) in [5.74, 6) is 3.53. The van der Waals surface area contributed by atoms with Crippen LogP contribution in [0.4, 0.5) is 0 Å². The molecule has 0 aromatic heterocycles. The third-order valence-corrected chi connectivity index (χ3v) is 3.95. The average Bonchev–Trinajstić information content (AvgIpc) is 3.05. The van der Waals surface area contributed by atoms with E-state index in [0.717, 1.165) is 19.0 Å². The molecule has 15 heavy (non-hydrogen) atoms. The molecular formula is C12H26N2S. The zero-order valence-corrected chi connectivity index (χ0v) is 10.8. The molecule has 90 valence electrons. The molecule has 0 aliphatic heterocycles. The van der Waals surface area contributed by atoms with E-state index in [0.29, 0.717) is 6.04 Å². The molecule has 0 spiro atoms. The highest BCUT2D eigenvalue weighted by Crippen LogP contribution is 2.33. The highest BCUT2D eigenvalue weighted by molar-refractivity contribution is 7.99. The van der Waals surface area contributed by atoms with E-state index in [-0.39, 0.29) is 0 Å². The second kappa shape index (κ2) is 8.43. The average molecular weight is 230 g/mol. The Morgan fingerprint density at radius 1 is 1.47 bits per heavy atom. The zero-order valence-electron chi connectivity index (χ0n) is 10.0. The van der Waals surface area contributed by atoms with Gasteiger partial charge in [0, 0.05) is 12.6 Å². The van der Waals surface area contributed by atoms with Gasteiger partial charge in [0.15, 0.2) is 0 Å². The van der Waals surface area contributed by atoms with Crippen LogP contribution in [0.15, 0.2) is 0 Å². The molecule has 3 heteroatoms. The van der Waals surface area contributed by atoms with E-state index >= 15 is 0 Å². The lowest BCUT2D eigenvalue weighted by Crippen LogP contribution is -2.37. The summed E-state index contributed by atoms with van der Waals surface area (Å²) in [7, 11) is 0. The highest BCUT2D eigenvalue weighted by atomic mass is 32.2. The van der Waals surface area contributed by atoms with Gasteiger partial charge in [-0.25, -0.2) is 0 Å². The van der Waals surface area contributed by atoms with Gasteiger partial charge < -0.3 is 11.1 Å². The van der Waals surface area contributed by atoms with Gasteiger partial charge in [-0.1, -0.05) is 19.8 Å². The van der Waals surface area contributed by atoms with Crippen molar-refractivity contribution in [2.24, 2.45) is 11.7 Å². The molecule has 3 N–H and O–H groups in total. The van der Waals surface area contributed by atoms with E-state index in [4.69, 9.17) is 5.73 Å². The fraction of sp³-hybridized carbons (Fsp3) is 1.00. The maximum atomic E-state index is 5.74. The van der Waals surface area contributed by atoms with Crippen molar-refractivity contribution in [3.8, 4) is 0 Å². The van der Waals surface area contributed by atoms with E-state index in [1.807, 2.05) is 11.8 Å². The maximum Gasteiger partial charge on any atom is 0.0198 e. The van der Waals surface area contributed by atoms with Crippen molar-refractivity contribution in [2.45, 2.75) is 45.1 Å². The number of nitrogens with two attached hydrogens (primary N) is 1. The minimum absolute atomic E-state index is 0.545. The molecule has 0 amide bonds. The molecule has 0 radical (unpaired) electrons. The number of rotatable bonds is 10. The summed E-state index contributed by atoms with van der Waals surface area (Å²) in [5, 5.41) is 3.57. The third kappa shape index (κ3) is 7.20. The van der Waals surface area contributed by atoms with Crippen molar-refractivity contribution in [2.75, 3.05) is 24.6 Å². The molecule has 0 saturated heterocycles. The Labute approximate surface area is 98.8 Å². The Bertz CT molecular complexity index is 149.